The highest BCUT2D eigenvalue weighted by Gasteiger charge is 2.04. The van der Waals surface area contributed by atoms with Gasteiger partial charge in [0.1, 0.15) is 12.4 Å². The lowest BCUT2D eigenvalue weighted by Gasteiger charge is -2.11. The number of benzene rings is 2. The molecule has 2 aromatic rings. The molecule has 0 saturated heterocycles. The van der Waals surface area contributed by atoms with Crippen molar-refractivity contribution in [2.45, 2.75) is 33.5 Å². The number of aliphatic hydroxyl groups excluding tert-OH is 1. The van der Waals surface area contributed by atoms with Crippen LogP contribution in [-0.4, -0.2) is 5.11 Å². The SMILES string of the molecule is Cc1ccc(COc2cccc(C(C)O)c2)c(C)c1. The van der Waals surface area contributed by atoms with E-state index >= 15 is 0 Å². The van der Waals surface area contributed by atoms with Gasteiger partial charge in [0, 0.05) is 0 Å². The molecule has 2 aromatic carbocycles. The molecule has 0 aliphatic carbocycles. The number of rotatable bonds is 4. The van der Waals surface area contributed by atoms with Gasteiger partial charge in [-0.25, -0.2) is 0 Å². The average molecular weight is 256 g/mol. The first kappa shape index (κ1) is 13.6. The molecule has 19 heavy (non-hydrogen) atoms. The maximum atomic E-state index is 9.55. The Morgan fingerprint density at radius 2 is 1.89 bits per heavy atom. The van der Waals surface area contributed by atoms with Crippen LogP contribution in [0.15, 0.2) is 42.5 Å². The molecule has 0 radical (unpaired) electrons. The number of aryl methyl sites for hydroxylation is 2. The van der Waals surface area contributed by atoms with Gasteiger partial charge in [0.15, 0.2) is 0 Å². The molecule has 1 atom stereocenters. The molecule has 0 aliphatic rings. The smallest absolute Gasteiger partial charge is 0.120 e. The fraction of sp³-hybridized carbons (Fsp3) is 0.294. The zero-order chi connectivity index (χ0) is 13.8. The van der Waals surface area contributed by atoms with Gasteiger partial charge in [-0.1, -0.05) is 35.9 Å². The molecule has 0 fully saturated rings. The molecule has 1 unspecified atom stereocenters. The summed E-state index contributed by atoms with van der Waals surface area (Å²) in [7, 11) is 0. The second-order valence-electron chi connectivity index (χ2n) is 4.97. The Labute approximate surface area is 114 Å². The van der Waals surface area contributed by atoms with E-state index in [9.17, 15) is 5.11 Å². The molecule has 2 rings (SSSR count). The summed E-state index contributed by atoms with van der Waals surface area (Å²) in [5, 5.41) is 9.55. The van der Waals surface area contributed by atoms with Crippen molar-refractivity contribution in [2.75, 3.05) is 0 Å². The summed E-state index contributed by atoms with van der Waals surface area (Å²) in [4.78, 5) is 0. The average Bonchev–Trinajstić information content (AvgIpc) is 2.38. The standard InChI is InChI=1S/C17H20O2/c1-12-7-8-16(13(2)9-12)11-19-17-6-4-5-15(10-17)14(3)18/h4-10,14,18H,11H2,1-3H3. The lowest BCUT2D eigenvalue weighted by Crippen LogP contribution is -1.99. The van der Waals surface area contributed by atoms with Crippen LogP contribution in [0.1, 0.15) is 35.3 Å². The Hall–Kier alpha value is -1.80. The predicted octanol–water partition coefficient (Wildman–Crippen LogP) is 3.94. The van der Waals surface area contributed by atoms with E-state index < -0.39 is 6.10 Å². The summed E-state index contributed by atoms with van der Waals surface area (Å²) in [5.74, 6) is 0.790. The zero-order valence-electron chi connectivity index (χ0n) is 11.7. The molecule has 0 heterocycles. The monoisotopic (exact) mass is 256 g/mol. The molecule has 0 aliphatic heterocycles. The van der Waals surface area contributed by atoms with Crippen LogP contribution in [0.25, 0.3) is 0 Å². The van der Waals surface area contributed by atoms with Gasteiger partial charge in [-0.3, -0.25) is 0 Å². The molecule has 1 N–H and O–H groups in total. The first-order valence-electron chi connectivity index (χ1n) is 6.53. The third-order valence-electron chi connectivity index (χ3n) is 3.23. The van der Waals surface area contributed by atoms with Crippen LogP contribution in [0.4, 0.5) is 0 Å². The molecule has 0 amide bonds. The first-order valence-corrected chi connectivity index (χ1v) is 6.53. The summed E-state index contributed by atoms with van der Waals surface area (Å²) in [6, 6.07) is 13.9. The van der Waals surface area contributed by atoms with Crippen molar-refractivity contribution in [3.05, 3.63) is 64.7 Å². The van der Waals surface area contributed by atoms with Crippen molar-refractivity contribution in [3.63, 3.8) is 0 Å². The fourth-order valence-corrected chi connectivity index (χ4v) is 2.03. The Balaban J connectivity index is 2.08. The van der Waals surface area contributed by atoms with Gasteiger partial charge >= 0.3 is 0 Å². The molecular weight excluding hydrogens is 236 g/mol. The van der Waals surface area contributed by atoms with Crippen LogP contribution in [0.5, 0.6) is 5.75 Å². The molecule has 2 nitrogen and oxygen atoms in total. The van der Waals surface area contributed by atoms with Crippen molar-refractivity contribution in [1.82, 2.24) is 0 Å². The maximum absolute atomic E-state index is 9.55. The van der Waals surface area contributed by atoms with Gasteiger partial charge in [-0.2, -0.15) is 0 Å². The summed E-state index contributed by atoms with van der Waals surface area (Å²) < 4.78 is 5.79. The Bertz CT molecular complexity index is 559. The van der Waals surface area contributed by atoms with Crippen molar-refractivity contribution in [3.8, 4) is 5.75 Å². The molecule has 0 aromatic heterocycles. The lowest BCUT2D eigenvalue weighted by molar-refractivity contribution is 0.198. The largest absolute Gasteiger partial charge is 0.489 e. The molecule has 100 valence electrons. The summed E-state index contributed by atoms with van der Waals surface area (Å²) in [6.45, 7) is 6.49. The second-order valence-corrected chi connectivity index (χ2v) is 4.97. The molecule has 0 bridgehead atoms. The first-order chi connectivity index (χ1) is 9.06. The summed E-state index contributed by atoms with van der Waals surface area (Å²) in [5.41, 5.74) is 4.57. The van der Waals surface area contributed by atoms with Gasteiger partial charge < -0.3 is 9.84 Å². The van der Waals surface area contributed by atoms with Gasteiger partial charge in [-0.15, -0.1) is 0 Å². The Kier molecular flexibility index (Phi) is 4.23. The minimum atomic E-state index is -0.468. The van der Waals surface area contributed by atoms with E-state index in [1.165, 1.54) is 16.7 Å². The molecule has 2 heteroatoms. The van der Waals surface area contributed by atoms with Gasteiger partial charge in [0.2, 0.25) is 0 Å². The van der Waals surface area contributed by atoms with E-state index in [1.807, 2.05) is 24.3 Å². The highest BCUT2D eigenvalue weighted by Crippen LogP contribution is 2.20. The van der Waals surface area contributed by atoms with Gasteiger partial charge in [0.05, 0.1) is 6.10 Å². The Morgan fingerprint density at radius 1 is 1.11 bits per heavy atom. The maximum Gasteiger partial charge on any atom is 0.120 e. The third kappa shape index (κ3) is 3.58. The number of hydrogen-bond donors (Lipinski definition) is 1. The minimum absolute atomic E-state index is 0.468. The van der Waals surface area contributed by atoms with E-state index in [0.717, 1.165) is 11.3 Å². The lowest BCUT2D eigenvalue weighted by atomic mass is 10.1. The normalized spacial score (nSPS) is 12.2. The van der Waals surface area contributed by atoms with Crippen LogP contribution < -0.4 is 4.74 Å². The zero-order valence-corrected chi connectivity index (χ0v) is 11.7. The number of hydrogen-bond acceptors (Lipinski definition) is 2. The van der Waals surface area contributed by atoms with E-state index in [-0.39, 0.29) is 0 Å². The van der Waals surface area contributed by atoms with Crippen molar-refractivity contribution >= 4 is 0 Å². The van der Waals surface area contributed by atoms with Crippen LogP contribution in [0.2, 0.25) is 0 Å². The van der Waals surface area contributed by atoms with Crippen LogP contribution in [0, 0.1) is 13.8 Å². The van der Waals surface area contributed by atoms with E-state index in [1.54, 1.807) is 6.92 Å². The van der Waals surface area contributed by atoms with Gasteiger partial charge in [0.25, 0.3) is 0 Å². The molecule has 0 spiro atoms. The fourth-order valence-electron chi connectivity index (χ4n) is 2.03. The van der Waals surface area contributed by atoms with Crippen molar-refractivity contribution in [1.29, 1.82) is 0 Å². The van der Waals surface area contributed by atoms with Crippen molar-refractivity contribution < 1.29 is 9.84 Å². The molecule has 0 saturated carbocycles. The van der Waals surface area contributed by atoms with Crippen molar-refractivity contribution in [2.24, 2.45) is 0 Å². The van der Waals surface area contributed by atoms with Crippen LogP contribution in [-0.2, 0) is 6.61 Å². The summed E-state index contributed by atoms with van der Waals surface area (Å²) >= 11 is 0. The number of ether oxygens (including phenoxy) is 1. The predicted molar refractivity (Wildman–Crippen MR) is 77.3 cm³/mol. The van der Waals surface area contributed by atoms with Crippen LogP contribution in [0.3, 0.4) is 0 Å². The second kappa shape index (κ2) is 5.89. The van der Waals surface area contributed by atoms with E-state index in [2.05, 4.69) is 32.0 Å². The third-order valence-corrected chi connectivity index (χ3v) is 3.23. The highest BCUT2D eigenvalue weighted by atomic mass is 16.5. The Morgan fingerprint density at radius 3 is 2.58 bits per heavy atom. The van der Waals surface area contributed by atoms with Crippen LogP contribution >= 0.6 is 0 Å². The summed E-state index contributed by atoms with van der Waals surface area (Å²) in [6.07, 6.45) is -0.468. The quantitative estimate of drug-likeness (QED) is 0.898. The highest BCUT2D eigenvalue weighted by molar-refractivity contribution is 5.32. The number of aliphatic hydroxyl groups is 1. The minimum Gasteiger partial charge on any atom is -0.489 e. The van der Waals surface area contributed by atoms with E-state index in [0.29, 0.717) is 6.61 Å². The topological polar surface area (TPSA) is 29.5 Å². The molecular formula is C17H20O2. The van der Waals surface area contributed by atoms with E-state index in [4.69, 9.17) is 4.74 Å². The van der Waals surface area contributed by atoms with Gasteiger partial charge in [-0.05, 0) is 49.6 Å².